The number of aromatic amines is 1. The van der Waals surface area contributed by atoms with Crippen molar-refractivity contribution in [3.05, 3.63) is 82.7 Å². The van der Waals surface area contributed by atoms with Gasteiger partial charge in [-0.15, -0.1) is 0 Å². The molecule has 3 aromatic carbocycles. The zero-order valence-electron chi connectivity index (χ0n) is 13.3. The molecule has 1 aromatic heterocycles. The van der Waals surface area contributed by atoms with Crippen molar-refractivity contribution in [1.29, 1.82) is 0 Å². The first-order valence-electron chi connectivity index (χ1n) is 7.77. The Kier molecular flexibility index (Phi) is 4.14. The third kappa shape index (κ3) is 3.16. The van der Waals surface area contributed by atoms with Crippen molar-refractivity contribution in [3.8, 4) is 11.4 Å². The van der Waals surface area contributed by atoms with Gasteiger partial charge in [0.1, 0.15) is 11.6 Å². The van der Waals surface area contributed by atoms with Crippen LogP contribution >= 0.6 is 11.8 Å². The molecule has 7 heteroatoms. The Morgan fingerprint density at radius 3 is 2.54 bits per heavy atom. The lowest BCUT2D eigenvalue weighted by Gasteiger charge is -2.04. The lowest BCUT2D eigenvalue weighted by Crippen LogP contribution is -1.86. The van der Waals surface area contributed by atoms with E-state index in [9.17, 15) is 14.5 Å². The summed E-state index contributed by atoms with van der Waals surface area (Å²) in [6, 6.07) is 18.7. The molecule has 0 atom stereocenters. The summed E-state index contributed by atoms with van der Waals surface area (Å²) < 4.78 is 13.7. The maximum atomic E-state index is 13.7. The normalized spacial score (nSPS) is 11.0. The quantitative estimate of drug-likeness (QED) is 0.387. The zero-order chi connectivity index (χ0) is 18.1. The SMILES string of the molecule is O=[N+]([O-])c1ccc2nc(-c3ccc(Sc4ccccc4F)cc3)[nH]c2c1. The second kappa shape index (κ2) is 6.61. The van der Waals surface area contributed by atoms with Gasteiger partial charge in [-0.1, -0.05) is 36.0 Å². The van der Waals surface area contributed by atoms with Crippen LogP contribution in [0.1, 0.15) is 0 Å². The van der Waals surface area contributed by atoms with Crippen LogP contribution in [0.4, 0.5) is 10.1 Å². The van der Waals surface area contributed by atoms with Crippen molar-refractivity contribution in [2.45, 2.75) is 9.79 Å². The number of hydrogen-bond donors (Lipinski definition) is 1. The standard InChI is InChI=1S/C19H12FN3O2S/c20-15-3-1-2-4-18(15)26-14-8-5-12(6-9-14)19-21-16-10-7-13(23(24)25)11-17(16)22-19/h1-11H,(H,21,22). The Hall–Kier alpha value is -3.19. The van der Waals surface area contributed by atoms with E-state index in [2.05, 4.69) is 9.97 Å². The highest BCUT2D eigenvalue weighted by Crippen LogP contribution is 2.31. The smallest absolute Gasteiger partial charge is 0.271 e. The number of nitro groups is 1. The lowest BCUT2D eigenvalue weighted by molar-refractivity contribution is -0.384. The van der Waals surface area contributed by atoms with Crippen molar-refractivity contribution in [2.24, 2.45) is 0 Å². The molecule has 0 aliphatic rings. The molecule has 0 fully saturated rings. The Balaban J connectivity index is 1.61. The van der Waals surface area contributed by atoms with E-state index < -0.39 is 4.92 Å². The zero-order valence-corrected chi connectivity index (χ0v) is 14.2. The minimum atomic E-state index is -0.436. The second-order valence-electron chi connectivity index (χ2n) is 5.60. The van der Waals surface area contributed by atoms with Crippen molar-refractivity contribution < 1.29 is 9.31 Å². The molecule has 0 unspecified atom stereocenters. The molecule has 0 saturated carbocycles. The fourth-order valence-electron chi connectivity index (χ4n) is 2.58. The highest BCUT2D eigenvalue weighted by atomic mass is 32.2. The number of hydrogen-bond acceptors (Lipinski definition) is 4. The van der Waals surface area contributed by atoms with Crippen LogP contribution in [-0.2, 0) is 0 Å². The number of rotatable bonds is 4. The number of benzene rings is 3. The van der Waals surface area contributed by atoms with E-state index in [4.69, 9.17) is 0 Å². The molecule has 0 amide bonds. The Bertz CT molecular complexity index is 1110. The fraction of sp³-hybridized carbons (Fsp3) is 0. The van der Waals surface area contributed by atoms with Crippen LogP contribution in [0.25, 0.3) is 22.4 Å². The van der Waals surface area contributed by atoms with Crippen molar-refractivity contribution in [1.82, 2.24) is 9.97 Å². The van der Waals surface area contributed by atoms with Gasteiger partial charge in [0.15, 0.2) is 0 Å². The minimum Gasteiger partial charge on any atom is -0.338 e. The van der Waals surface area contributed by atoms with E-state index in [0.29, 0.717) is 21.8 Å². The van der Waals surface area contributed by atoms with Gasteiger partial charge in [-0.3, -0.25) is 10.1 Å². The molecule has 0 radical (unpaired) electrons. The number of nitrogens with zero attached hydrogens (tertiary/aromatic N) is 2. The average molecular weight is 365 g/mol. The second-order valence-corrected chi connectivity index (χ2v) is 6.72. The number of nitrogens with one attached hydrogen (secondary N) is 1. The Morgan fingerprint density at radius 2 is 1.81 bits per heavy atom. The monoisotopic (exact) mass is 365 g/mol. The summed E-state index contributed by atoms with van der Waals surface area (Å²) in [6.45, 7) is 0. The maximum Gasteiger partial charge on any atom is 0.271 e. The number of fused-ring (bicyclic) bond motifs is 1. The van der Waals surface area contributed by atoms with Crippen LogP contribution < -0.4 is 0 Å². The van der Waals surface area contributed by atoms with Crippen LogP contribution in [0, 0.1) is 15.9 Å². The predicted octanol–water partition coefficient (Wildman–Crippen LogP) is 5.43. The number of non-ortho nitro benzene ring substituents is 1. The van der Waals surface area contributed by atoms with Gasteiger partial charge in [0.25, 0.3) is 5.69 Å². The summed E-state index contributed by atoms with van der Waals surface area (Å²) >= 11 is 1.35. The molecule has 4 rings (SSSR count). The molecule has 0 saturated heterocycles. The number of nitro benzene ring substituents is 1. The summed E-state index contributed by atoms with van der Waals surface area (Å²) in [5.41, 5.74) is 2.14. The summed E-state index contributed by atoms with van der Waals surface area (Å²) in [5.74, 6) is 0.378. The van der Waals surface area contributed by atoms with E-state index in [1.54, 1.807) is 24.3 Å². The van der Waals surface area contributed by atoms with Crippen LogP contribution in [0.3, 0.4) is 0 Å². The van der Waals surface area contributed by atoms with Crippen molar-refractivity contribution in [2.75, 3.05) is 0 Å². The molecule has 0 bridgehead atoms. The van der Waals surface area contributed by atoms with Gasteiger partial charge in [0, 0.05) is 27.5 Å². The van der Waals surface area contributed by atoms with E-state index in [-0.39, 0.29) is 11.5 Å². The molecule has 0 spiro atoms. The number of imidazole rings is 1. The third-order valence-corrected chi connectivity index (χ3v) is 4.93. The topological polar surface area (TPSA) is 71.8 Å². The molecule has 0 aliphatic carbocycles. The first kappa shape index (κ1) is 16.3. The van der Waals surface area contributed by atoms with Crippen LogP contribution in [-0.4, -0.2) is 14.9 Å². The summed E-state index contributed by atoms with van der Waals surface area (Å²) in [5, 5.41) is 10.9. The maximum absolute atomic E-state index is 13.7. The van der Waals surface area contributed by atoms with E-state index in [1.165, 1.54) is 30.0 Å². The van der Waals surface area contributed by atoms with Gasteiger partial charge in [0.05, 0.1) is 16.0 Å². The fourth-order valence-corrected chi connectivity index (χ4v) is 3.42. The Morgan fingerprint density at radius 1 is 1.04 bits per heavy atom. The highest BCUT2D eigenvalue weighted by Gasteiger charge is 2.11. The van der Waals surface area contributed by atoms with E-state index >= 15 is 0 Å². The highest BCUT2D eigenvalue weighted by molar-refractivity contribution is 7.99. The van der Waals surface area contributed by atoms with Gasteiger partial charge in [-0.2, -0.15) is 0 Å². The predicted molar refractivity (Wildman–Crippen MR) is 98.7 cm³/mol. The molecular formula is C19H12FN3O2S. The molecule has 26 heavy (non-hydrogen) atoms. The molecule has 0 aliphatic heterocycles. The summed E-state index contributed by atoms with van der Waals surface area (Å²) in [6.07, 6.45) is 0. The minimum absolute atomic E-state index is 0.0179. The average Bonchev–Trinajstić information content (AvgIpc) is 3.07. The van der Waals surface area contributed by atoms with Gasteiger partial charge in [0.2, 0.25) is 0 Å². The van der Waals surface area contributed by atoms with Gasteiger partial charge < -0.3 is 4.98 Å². The van der Waals surface area contributed by atoms with Crippen LogP contribution in [0.5, 0.6) is 0 Å². The molecular weight excluding hydrogens is 353 g/mol. The van der Waals surface area contributed by atoms with Gasteiger partial charge in [-0.05, 0) is 30.3 Å². The largest absolute Gasteiger partial charge is 0.338 e. The third-order valence-electron chi connectivity index (χ3n) is 3.87. The molecule has 5 nitrogen and oxygen atoms in total. The van der Waals surface area contributed by atoms with Crippen LogP contribution in [0.15, 0.2) is 76.5 Å². The number of halogens is 1. The molecule has 4 aromatic rings. The first-order chi connectivity index (χ1) is 12.6. The van der Waals surface area contributed by atoms with Crippen molar-refractivity contribution in [3.63, 3.8) is 0 Å². The molecule has 128 valence electrons. The van der Waals surface area contributed by atoms with Crippen LogP contribution in [0.2, 0.25) is 0 Å². The number of H-pyrrole nitrogens is 1. The number of aromatic nitrogens is 2. The molecule has 1 N–H and O–H groups in total. The van der Waals surface area contributed by atoms with E-state index in [1.807, 2.05) is 24.3 Å². The lowest BCUT2D eigenvalue weighted by atomic mass is 10.2. The first-order valence-corrected chi connectivity index (χ1v) is 8.59. The van der Waals surface area contributed by atoms with Gasteiger partial charge in [-0.25, -0.2) is 9.37 Å². The summed E-state index contributed by atoms with van der Waals surface area (Å²) in [4.78, 5) is 19.5. The summed E-state index contributed by atoms with van der Waals surface area (Å²) in [7, 11) is 0. The van der Waals surface area contributed by atoms with Gasteiger partial charge >= 0.3 is 0 Å². The Labute approximate surface area is 152 Å². The van der Waals surface area contributed by atoms with E-state index in [0.717, 1.165) is 10.5 Å². The van der Waals surface area contributed by atoms with Crippen molar-refractivity contribution >= 4 is 28.5 Å². The molecule has 1 heterocycles.